The van der Waals surface area contributed by atoms with Gasteiger partial charge in [0.2, 0.25) is 0 Å². The monoisotopic (exact) mass is 243 g/mol. The molecule has 0 heterocycles. The van der Waals surface area contributed by atoms with Gasteiger partial charge in [-0.1, -0.05) is 32.6 Å². The van der Waals surface area contributed by atoms with Gasteiger partial charge in [-0.3, -0.25) is 0 Å². The third-order valence-corrected chi connectivity index (χ3v) is 4.27. The first-order chi connectivity index (χ1) is 7.74. The van der Waals surface area contributed by atoms with E-state index in [0.717, 1.165) is 17.7 Å². The lowest BCUT2D eigenvalue weighted by Crippen LogP contribution is -2.36. The largest absolute Gasteiger partial charge is 0.303 e. The van der Waals surface area contributed by atoms with Crippen molar-refractivity contribution in [2.45, 2.75) is 64.3 Å². The van der Waals surface area contributed by atoms with Gasteiger partial charge in [0, 0.05) is 6.04 Å². The molecule has 2 unspecified atom stereocenters. The fourth-order valence-corrected chi connectivity index (χ4v) is 3.04. The molecule has 16 heavy (non-hydrogen) atoms. The third-order valence-electron chi connectivity index (χ3n) is 3.95. The Balaban J connectivity index is 2.06. The maximum atomic E-state index is 4.25. The first kappa shape index (κ1) is 14.4. The lowest BCUT2D eigenvalue weighted by Gasteiger charge is -2.34. The summed E-state index contributed by atoms with van der Waals surface area (Å²) in [5, 5.41) is 0. The Bertz CT molecular complexity index is 172. The fourth-order valence-electron chi connectivity index (χ4n) is 2.81. The predicted molar refractivity (Wildman–Crippen MR) is 76.4 cm³/mol. The second kappa shape index (κ2) is 8.41. The highest BCUT2D eigenvalue weighted by Crippen LogP contribution is 2.26. The van der Waals surface area contributed by atoms with Crippen LogP contribution in [0.5, 0.6) is 0 Å². The summed E-state index contributed by atoms with van der Waals surface area (Å²) in [4.78, 5) is 2.61. The molecular formula is C14H29NS. The molecule has 0 aromatic rings. The van der Waals surface area contributed by atoms with Gasteiger partial charge in [0.05, 0.1) is 0 Å². The molecule has 0 N–H and O–H groups in total. The van der Waals surface area contributed by atoms with Crippen LogP contribution in [0.2, 0.25) is 0 Å². The molecule has 0 aromatic heterocycles. The third kappa shape index (κ3) is 5.58. The van der Waals surface area contributed by atoms with Crippen LogP contribution < -0.4 is 0 Å². The van der Waals surface area contributed by atoms with E-state index in [2.05, 4.69) is 31.5 Å². The second-order valence-corrected chi connectivity index (χ2v) is 5.99. The molecule has 1 nitrogen and oxygen atoms in total. The Morgan fingerprint density at radius 2 is 1.88 bits per heavy atom. The maximum Gasteiger partial charge on any atom is 0.00947 e. The minimum Gasteiger partial charge on any atom is -0.303 e. The van der Waals surface area contributed by atoms with E-state index >= 15 is 0 Å². The minimum absolute atomic E-state index is 0.869. The average molecular weight is 243 g/mol. The van der Waals surface area contributed by atoms with Crippen LogP contribution in [0.3, 0.4) is 0 Å². The van der Waals surface area contributed by atoms with Crippen molar-refractivity contribution in [1.29, 1.82) is 0 Å². The Morgan fingerprint density at radius 3 is 2.56 bits per heavy atom. The first-order valence-corrected chi connectivity index (χ1v) is 7.68. The van der Waals surface area contributed by atoms with Gasteiger partial charge in [0.25, 0.3) is 0 Å². The summed E-state index contributed by atoms with van der Waals surface area (Å²) >= 11 is 4.25. The van der Waals surface area contributed by atoms with Gasteiger partial charge in [-0.05, 0) is 50.9 Å². The lowest BCUT2D eigenvalue weighted by atomic mass is 9.86. The van der Waals surface area contributed by atoms with Crippen LogP contribution in [-0.2, 0) is 0 Å². The van der Waals surface area contributed by atoms with Crippen molar-refractivity contribution < 1.29 is 0 Å². The van der Waals surface area contributed by atoms with Crippen molar-refractivity contribution in [3.63, 3.8) is 0 Å². The van der Waals surface area contributed by atoms with Gasteiger partial charge in [-0.2, -0.15) is 12.6 Å². The zero-order valence-corrected chi connectivity index (χ0v) is 12.0. The van der Waals surface area contributed by atoms with E-state index < -0.39 is 0 Å². The summed E-state index contributed by atoms with van der Waals surface area (Å²) in [5.74, 6) is 2.00. The number of rotatable bonds is 7. The molecule has 2 atom stereocenters. The average Bonchev–Trinajstić information content (AvgIpc) is 2.28. The molecule has 1 aliphatic rings. The summed E-state index contributed by atoms with van der Waals surface area (Å²) in [6.45, 7) is 3.71. The highest BCUT2D eigenvalue weighted by molar-refractivity contribution is 7.80. The van der Waals surface area contributed by atoms with E-state index in [0.29, 0.717) is 0 Å². The smallest absolute Gasteiger partial charge is 0.00947 e. The molecule has 1 saturated carbocycles. The lowest BCUT2D eigenvalue weighted by molar-refractivity contribution is 0.161. The molecule has 1 aliphatic carbocycles. The van der Waals surface area contributed by atoms with Gasteiger partial charge < -0.3 is 4.90 Å². The molecule has 0 amide bonds. The molecule has 96 valence electrons. The summed E-state index contributed by atoms with van der Waals surface area (Å²) in [5.41, 5.74) is 0. The van der Waals surface area contributed by atoms with Crippen molar-refractivity contribution in [2.24, 2.45) is 5.92 Å². The quantitative estimate of drug-likeness (QED) is 0.523. The molecule has 2 heteroatoms. The fraction of sp³-hybridized carbons (Fsp3) is 1.00. The zero-order chi connectivity index (χ0) is 11.8. The van der Waals surface area contributed by atoms with Crippen molar-refractivity contribution >= 4 is 12.6 Å². The zero-order valence-electron chi connectivity index (χ0n) is 11.1. The number of hydrogen-bond acceptors (Lipinski definition) is 2. The molecular weight excluding hydrogens is 214 g/mol. The highest BCUT2D eigenvalue weighted by atomic mass is 32.1. The molecule has 0 saturated heterocycles. The van der Waals surface area contributed by atoms with Crippen molar-refractivity contribution in [3.05, 3.63) is 0 Å². The van der Waals surface area contributed by atoms with Crippen molar-refractivity contribution in [3.8, 4) is 0 Å². The second-order valence-electron chi connectivity index (χ2n) is 5.54. The molecule has 0 spiro atoms. The summed E-state index contributed by atoms with van der Waals surface area (Å²) < 4.78 is 0. The van der Waals surface area contributed by atoms with Gasteiger partial charge in [0.15, 0.2) is 0 Å². The topological polar surface area (TPSA) is 3.24 Å². The SMILES string of the molecule is CC1CCCC(N(C)CCCCCCS)C1. The first-order valence-electron chi connectivity index (χ1n) is 7.05. The van der Waals surface area contributed by atoms with Crippen LogP contribution in [0.15, 0.2) is 0 Å². The Morgan fingerprint density at radius 1 is 1.12 bits per heavy atom. The van der Waals surface area contributed by atoms with Gasteiger partial charge in [0.1, 0.15) is 0 Å². The van der Waals surface area contributed by atoms with Crippen LogP contribution in [0.1, 0.15) is 58.3 Å². The minimum atomic E-state index is 0.869. The Hall–Kier alpha value is 0.310. The van der Waals surface area contributed by atoms with E-state index in [1.807, 2.05) is 0 Å². The maximum absolute atomic E-state index is 4.25. The van der Waals surface area contributed by atoms with E-state index in [1.165, 1.54) is 57.9 Å². The predicted octanol–water partition coefficient (Wildman–Crippen LogP) is 3.99. The van der Waals surface area contributed by atoms with Crippen LogP contribution >= 0.6 is 12.6 Å². The van der Waals surface area contributed by atoms with E-state index in [1.54, 1.807) is 0 Å². The molecule has 0 aliphatic heterocycles. The van der Waals surface area contributed by atoms with Crippen molar-refractivity contribution in [2.75, 3.05) is 19.3 Å². The molecule has 1 fully saturated rings. The highest BCUT2D eigenvalue weighted by Gasteiger charge is 2.21. The van der Waals surface area contributed by atoms with Gasteiger partial charge in [-0.25, -0.2) is 0 Å². The van der Waals surface area contributed by atoms with Crippen molar-refractivity contribution in [1.82, 2.24) is 4.90 Å². The number of nitrogens with zero attached hydrogens (tertiary/aromatic N) is 1. The molecule has 1 rings (SSSR count). The van der Waals surface area contributed by atoms with E-state index in [-0.39, 0.29) is 0 Å². The Labute approximate surface area is 107 Å². The number of unbranched alkanes of at least 4 members (excludes halogenated alkanes) is 3. The summed E-state index contributed by atoms with van der Waals surface area (Å²) in [7, 11) is 2.32. The number of hydrogen-bond donors (Lipinski definition) is 1. The van der Waals surface area contributed by atoms with E-state index in [4.69, 9.17) is 0 Å². The van der Waals surface area contributed by atoms with E-state index in [9.17, 15) is 0 Å². The molecule has 0 bridgehead atoms. The summed E-state index contributed by atoms with van der Waals surface area (Å²) in [6, 6.07) is 0.869. The Kier molecular flexibility index (Phi) is 7.55. The van der Waals surface area contributed by atoms with Crippen LogP contribution in [0.4, 0.5) is 0 Å². The molecule has 0 radical (unpaired) electrons. The van der Waals surface area contributed by atoms with Crippen LogP contribution in [0, 0.1) is 5.92 Å². The summed E-state index contributed by atoms with van der Waals surface area (Å²) in [6.07, 6.45) is 11.1. The normalized spacial score (nSPS) is 26.2. The van der Waals surface area contributed by atoms with Gasteiger partial charge in [-0.15, -0.1) is 0 Å². The standard InChI is InChI=1S/C14H29NS/c1-13-8-7-9-14(12-13)15(2)10-5-3-4-6-11-16/h13-14,16H,3-12H2,1-2H3. The van der Waals surface area contributed by atoms with Gasteiger partial charge >= 0.3 is 0 Å². The molecule has 0 aromatic carbocycles. The van der Waals surface area contributed by atoms with Crippen LogP contribution in [0.25, 0.3) is 0 Å². The number of thiol groups is 1. The van der Waals surface area contributed by atoms with Crippen LogP contribution in [-0.4, -0.2) is 30.3 Å².